The summed E-state index contributed by atoms with van der Waals surface area (Å²) in [7, 11) is 0. The van der Waals surface area contributed by atoms with Crippen molar-refractivity contribution in [1.29, 1.82) is 0 Å². The molecule has 0 aliphatic carbocycles. The number of hydrogen-bond acceptors (Lipinski definition) is 3. The normalized spacial score (nSPS) is 17.4. The lowest BCUT2D eigenvalue weighted by Crippen LogP contribution is -2.49. The van der Waals surface area contributed by atoms with Gasteiger partial charge in [0.1, 0.15) is 0 Å². The van der Waals surface area contributed by atoms with Crippen molar-refractivity contribution in [2.75, 3.05) is 19.6 Å². The lowest BCUT2D eigenvalue weighted by Gasteiger charge is -2.43. The minimum absolute atomic E-state index is 0.143. The van der Waals surface area contributed by atoms with E-state index in [9.17, 15) is 4.79 Å². The molecule has 0 unspecified atom stereocenters. The Morgan fingerprint density at radius 2 is 1.80 bits per heavy atom. The van der Waals surface area contributed by atoms with Crippen LogP contribution in [0.15, 0.2) is 29.1 Å². The number of para-hydroxylation sites is 2. The first-order valence-corrected chi connectivity index (χ1v) is 9.64. The van der Waals surface area contributed by atoms with E-state index in [1.807, 2.05) is 28.2 Å². The molecule has 1 aliphatic heterocycles. The van der Waals surface area contributed by atoms with Crippen molar-refractivity contribution < 1.29 is 0 Å². The summed E-state index contributed by atoms with van der Waals surface area (Å²) in [6.07, 6.45) is 4.26. The second kappa shape index (κ2) is 7.34. The van der Waals surface area contributed by atoms with Crippen molar-refractivity contribution in [1.82, 2.24) is 14.0 Å². The van der Waals surface area contributed by atoms with Gasteiger partial charge in [-0.05, 0) is 65.1 Å². The Labute approximate surface area is 150 Å². The molecular weight excluding hydrogens is 312 g/mol. The summed E-state index contributed by atoms with van der Waals surface area (Å²) >= 11 is 0. The number of nitrogens with zero attached hydrogens (tertiary/aromatic N) is 3. The lowest BCUT2D eigenvalue weighted by atomic mass is 9.92. The molecule has 0 spiro atoms. The van der Waals surface area contributed by atoms with Crippen molar-refractivity contribution in [3.63, 3.8) is 0 Å². The smallest absolute Gasteiger partial charge is 0.329 e. The van der Waals surface area contributed by atoms with Gasteiger partial charge in [0.05, 0.1) is 11.0 Å². The van der Waals surface area contributed by atoms with Gasteiger partial charge in [-0.2, -0.15) is 0 Å². The molecule has 1 fully saturated rings. The van der Waals surface area contributed by atoms with Gasteiger partial charge in [0.2, 0.25) is 0 Å². The van der Waals surface area contributed by atoms with Gasteiger partial charge in [0, 0.05) is 31.2 Å². The zero-order valence-corrected chi connectivity index (χ0v) is 15.9. The number of aromatic nitrogens is 2. The van der Waals surface area contributed by atoms with Crippen LogP contribution in [0.1, 0.15) is 52.5 Å². The summed E-state index contributed by atoms with van der Waals surface area (Å²) in [5, 5.41) is 0. The molecule has 1 aromatic heterocycles. The predicted molar refractivity (Wildman–Crippen MR) is 104 cm³/mol. The molecule has 5 heteroatoms. The zero-order valence-electron chi connectivity index (χ0n) is 15.9. The Bertz CT molecular complexity index is 766. The van der Waals surface area contributed by atoms with E-state index in [2.05, 4.69) is 30.9 Å². The summed E-state index contributed by atoms with van der Waals surface area (Å²) in [5.41, 5.74) is 8.15. The number of fused-ring (bicyclic) bond motifs is 1. The Kier molecular flexibility index (Phi) is 5.35. The Morgan fingerprint density at radius 3 is 2.40 bits per heavy atom. The van der Waals surface area contributed by atoms with E-state index in [0.717, 1.165) is 62.9 Å². The number of hydrogen-bond donors (Lipinski definition) is 1. The Morgan fingerprint density at radius 1 is 1.16 bits per heavy atom. The highest BCUT2D eigenvalue weighted by Gasteiger charge is 2.32. The van der Waals surface area contributed by atoms with Crippen LogP contribution in [0.5, 0.6) is 0 Å². The minimum atomic E-state index is 0.143. The van der Waals surface area contributed by atoms with E-state index in [-0.39, 0.29) is 11.2 Å². The quantitative estimate of drug-likeness (QED) is 0.876. The van der Waals surface area contributed by atoms with E-state index in [1.165, 1.54) is 0 Å². The fourth-order valence-corrected chi connectivity index (χ4v) is 4.31. The summed E-state index contributed by atoms with van der Waals surface area (Å²) in [6, 6.07) is 8.48. The van der Waals surface area contributed by atoms with Gasteiger partial charge >= 0.3 is 5.69 Å². The molecule has 3 rings (SSSR count). The Balaban J connectivity index is 1.81. The van der Waals surface area contributed by atoms with Crippen molar-refractivity contribution in [3.8, 4) is 0 Å². The highest BCUT2D eigenvalue weighted by atomic mass is 16.1. The summed E-state index contributed by atoms with van der Waals surface area (Å²) in [5.74, 6) is 0. The van der Waals surface area contributed by atoms with Gasteiger partial charge in [-0.1, -0.05) is 12.1 Å². The number of piperidine rings is 1. The number of nitrogens with two attached hydrogens (primary N) is 1. The van der Waals surface area contributed by atoms with Crippen molar-refractivity contribution in [3.05, 3.63) is 34.7 Å². The van der Waals surface area contributed by atoms with Crippen LogP contribution in [0.25, 0.3) is 11.0 Å². The topological polar surface area (TPSA) is 56.2 Å². The Hall–Kier alpha value is -1.59. The van der Waals surface area contributed by atoms with E-state index < -0.39 is 0 Å². The van der Waals surface area contributed by atoms with Crippen LogP contribution in [0, 0.1) is 0 Å². The molecule has 0 radical (unpaired) electrons. The van der Waals surface area contributed by atoms with E-state index in [0.29, 0.717) is 6.04 Å². The molecule has 1 aliphatic rings. The monoisotopic (exact) mass is 344 g/mol. The SMILES string of the molecule is CCn1c(=O)n(C2CCN(C(C)(C)CCCN)CC2)c2ccccc21. The molecule has 1 aromatic carbocycles. The van der Waals surface area contributed by atoms with Crippen LogP contribution < -0.4 is 11.4 Å². The molecule has 2 aromatic rings. The van der Waals surface area contributed by atoms with Gasteiger partial charge in [-0.3, -0.25) is 14.0 Å². The number of imidazole rings is 1. The third kappa shape index (κ3) is 3.40. The van der Waals surface area contributed by atoms with Gasteiger partial charge in [-0.25, -0.2) is 4.79 Å². The fraction of sp³-hybridized carbons (Fsp3) is 0.650. The molecule has 0 atom stereocenters. The molecule has 2 N–H and O–H groups in total. The highest BCUT2D eigenvalue weighted by molar-refractivity contribution is 5.76. The third-order valence-electron chi connectivity index (χ3n) is 5.86. The molecule has 2 heterocycles. The minimum Gasteiger partial charge on any atom is -0.330 e. The van der Waals surface area contributed by atoms with Gasteiger partial charge in [0.25, 0.3) is 0 Å². The maximum Gasteiger partial charge on any atom is 0.329 e. The molecule has 1 saturated heterocycles. The lowest BCUT2D eigenvalue weighted by molar-refractivity contribution is 0.0694. The molecule has 0 amide bonds. The van der Waals surface area contributed by atoms with Crippen LogP contribution in [-0.2, 0) is 6.54 Å². The maximum atomic E-state index is 12.9. The number of likely N-dealkylation sites (tertiary alicyclic amines) is 1. The molecular formula is C20H32N4O. The molecule has 0 bridgehead atoms. The van der Waals surface area contributed by atoms with Crippen LogP contribution in [-0.4, -0.2) is 39.2 Å². The number of rotatable bonds is 6. The third-order valence-corrected chi connectivity index (χ3v) is 5.86. The zero-order chi connectivity index (χ0) is 18.0. The molecule has 0 saturated carbocycles. The van der Waals surface area contributed by atoms with E-state index >= 15 is 0 Å². The number of aryl methyl sites for hydroxylation is 1. The first-order chi connectivity index (χ1) is 12.0. The number of benzene rings is 1. The first-order valence-electron chi connectivity index (χ1n) is 9.64. The standard InChI is InChI=1S/C20H32N4O/c1-4-23-17-8-5-6-9-18(17)24(19(23)25)16-10-14-22(15-11-16)20(2,3)12-7-13-21/h5-6,8-9,16H,4,7,10-15,21H2,1-3H3. The molecule has 138 valence electrons. The predicted octanol–water partition coefficient (Wildman–Crippen LogP) is 2.98. The average molecular weight is 345 g/mol. The maximum absolute atomic E-state index is 12.9. The van der Waals surface area contributed by atoms with Crippen molar-refractivity contribution in [2.45, 2.75) is 64.6 Å². The summed E-state index contributed by atoms with van der Waals surface area (Å²) in [6.45, 7) is 10.2. The average Bonchev–Trinajstić information content (AvgIpc) is 2.91. The fourth-order valence-electron chi connectivity index (χ4n) is 4.31. The highest BCUT2D eigenvalue weighted by Crippen LogP contribution is 2.30. The van der Waals surface area contributed by atoms with Gasteiger partial charge < -0.3 is 5.73 Å². The largest absolute Gasteiger partial charge is 0.330 e. The van der Waals surface area contributed by atoms with Crippen molar-refractivity contribution >= 4 is 11.0 Å². The summed E-state index contributed by atoms with van der Waals surface area (Å²) in [4.78, 5) is 15.5. The van der Waals surface area contributed by atoms with Crippen LogP contribution in [0.2, 0.25) is 0 Å². The second-order valence-electron chi connectivity index (χ2n) is 7.81. The molecule has 25 heavy (non-hydrogen) atoms. The summed E-state index contributed by atoms with van der Waals surface area (Å²) < 4.78 is 3.94. The van der Waals surface area contributed by atoms with Crippen LogP contribution in [0.3, 0.4) is 0 Å². The van der Waals surface area contributed by atoms with Crippen LogP contribution in [0.4, 0.5) is 0 Å². The van der Waals surface area contributed by atoms with E-state index in [4.69, 9.17) is 5.73 Å². The van der Waals surface area contributed by atoms with Gasteiger partial charge in [-0.15, -0.1) is 0 Å². The molecule has 5 nitrogen and oxygen atoms in total. The van der Waals surface area contributed by atoms with Gasteiger partial charge in [0.15, 0.2) is 0 Å². The van der Waals surface area contributed by atoms with E-state index in [1.54, 1.807) is 0 Å². The van der Waals surface area contributed by atoms with Crippen molar-refractivity contribution in [2.24, 2.45) is 5.73 Å². The van der Waals surface area contributed by atoms with Crippen LogP contribution >= 0.6 is 0 Å². The first kappa shape index (κ1) is 18.2. The second-order valence-corrected chi connectivity index (χ2v) is 7.81.